The summed E-state index contributed by atoms with van der Waals surface area (Å²) < 4.78 is 0. The van der Waals surface area contributed by atoms with E-state index in [4.69, 9.17) is 0 Å². The average Bonchev–Trinajstić information content (AvgIpc) is 2.11. The maximum absolute atomic E-state index is 4.07. The van der Waals surface area contributed by atoms with Gasteiger partial charge in [0, 0.05) is 5.92 Å². The highest BCUT2D eigenvalue weighted by molar-refractivity contribution is 4.97. The first-order valence-electron chi connectivity index (χ1n) is 3.32. The zero-order chi connectivity index (χ0) is 6.10. The molecule has 1 aromatic rings. The molecule has 1 N–H and O–H groups in total. The Bertz CT molecular complexity index is 176. The lowest BCUT2D eigenvalue weighted by atomic mass is 9.85. The van der Waals surface area contributed by atoms with Crippen LogP contribution in [0.1, 0.15) is 31.0 Å². The van der Waals surface area contributed by atoms with Crippen LogP contribution in [0.15, 0.2) is 6.33 Å². The largest absolute Gasteiger partial charge is 0.263 e. The first kappa shape index (κ1) is 4.97. The number of H-pyrrole nitrogens is 1. The summed E-state index contributed by atoms with van der Waals surface area (Å²) in [5.74, 6) is 1.76. The molecule has 3 heteroatoms. The van der Waals surface area contributed by atoms with E-state index in [1.54, 1.807) is 6.33 Å². The number of rotatable bonds is 1. The number of hydrogen-bond acceptors (Lipinski definition) is 2. The van der Waals surface area contributed by atoms with Crippen LogP contribution < -0.4 is 0 Å². The minimum absolute atomic E-state index is 0.687. The van der Waals surface area contributed by atoms with E-state index >= 15 is 0 Å². The number of aromatic nitrogens is 3. The Kier molecular flexibility index (Phi) is 1.01. The Morgan fingerprint density at radius 1 is 1.56 bits per heavy atom. The number of hydrogen-bond donors (Lipinski definition) is 1. The molecule has 1 aromatic heterocycles. The Morgan fingerprint density at radius 3 is 2.89 bits per heavy atom. The predicted octanol–water partition coefficient (Wildman–Crippen LogP) is 1.07. The molecule has 48 valence electrons. The minimum atomic E-state index is 0.687. The van der Waals surface area contributed by atoms with Gasteiger partial charge in [-0.3, -0.25) is 5.10 Å². The van der Waals surface area contributed by atoms with Gasteiger partial charge in [-0.1, -0.05) is 6.42 Å². The summed E-state index contributed by atoms with van der Waals surface area (Å²) in [6.07, 6.45) is 5.50. The van der Waals surface area contributed by atoms with Crippen LogP contribution in [-0.2, 0) is 0 Å². The summed E-state index contributed by atoms with van der Waals surface area (Å²) in [6, 6.07) is 0. The second-order valence-electron chi connectivity index (χ2n) is 2.50. The molecule has 1 fully saturated rings. The van der Waals surface area contributed by atoms with Gasteiger partial charge in [-0.2, -0.15) is 5.10 Å². The molecule has 0 spiro atoms. The Morgan fingerprint density at radius 2 is 2.44 bits per heavy atom. The summed E-state index contributed by atoms with van der Waals surface area (Å²) in [5, 5.41) is 6.67. The molecule has 3 nitrogen and oxygen atoms in total. The van der Waals surface area contributed by atoms with Crippen molar-refractivity contribution >= 4 is 0 Å². The van der Waals surface area contributed by atoms with Gasteiger partial charge in [0.05, 0.1) is 0 Å². The molecule has 0 radical (unpaired) electrons. The summed E-state index contributed by atoms with van der Waals surface area (Å²) in [7, 11) is 0. The van der Waals surface area contributed by atoms with E-state index in [9.17, 15) is 0 Å². The fourth-order valence-electron chi connectivity index (χ4n) is 1.09. The van der Waals surface area contributed by atoms with Crippen LogP contribution in [0.5, 0.6) is 0 Å². The Balaban J connectivity index is 2.14. The SMILES string of the molecule is c1n[nH]c(C2CCC2)n1. The molecule has 1 aliphatic rings. The zero-order valence-corrected chi connectivity index (χ0v) is 5.17. The fraction of sp³-hybridized carbons (Fsp3) is 0.667. The van der Waals surface area contributed by atoms with E-state index in [-0.39, 0.29) is 0 Å². The van der Waals surface area contributed by atoms with Crippen molar-refractivity contribution in [2.75, 3.05) is 0 Å². The molecular formula is C6H9N3. The van der Waals surface area contributed by atoms with E-state index in [1.165, 1.54) is 19.3 Å². The van der Waals surface area contributed by atoms with E-state index in [2.05, 4.69) is 15.2 Å². The molecule has 0 saturated heterocycles. The lowest BCUT2D eigenvalue weighted by molar-refractivity contribution is 0.402. The van der Waals surface area contributed by atoms with Crippen LogP contribution >= 0.6 is 0 Å². The Labute approximate surface area is 53.5 Å². The highest BCUT2D eigenvalue weighted by atomic mass is 15.2. The molecule has 1 saturated carbocycles. The van der Waals surface area contributed by atoms with Gasteiger partial charge >= 0.3 is 0 Å². The van der Waals surface area contributed by atoms with Gasteiger partial charge in [0.2, 0.25) is 0 Å². The van der Waals surface area contributed by atoms with Gasteiger partial charge in [0.1, 0.15) is 12.2 Å². The average molecular weight is 123 g/mol. The highest BCUT2D eigenvalue weighted by Crippen LogP contribution is 2.33. The van der Waals surface area contributed by atoms with Crippen LogP contribution in [0.3, 0.4) is 0 Å². The first-order chi connectivity index (χ1) is 4.47. The topological polar surface area (TPSA) is 41.6 Å². The van der Waals surface area contributed by atoms with Crippen LogP contribution in [-0.4, -0.2) is 15.2 Å². The zero-order valence-electron chi connectivity index (χ0n) is 5.17. The summed E-state index contributed by atoms with van der Waals surface area (Å²) in [5.41, 5.74) is 0. The standard InChI is InChI=1S/C6H9N3/c1-2-5(3-1)6-7-4-8-9-6/h4-5H,1-3H2,(H,7,8,9). The summed E-state index contributed by atoms with van der Waals surface area (Å²) in [6.45, 7) is 0. The number of nitrogens with zero attached hydrogens (tertiary/aromatic N) is 2. The van der Waals surface area contributed by atoms with E-state index in [0.717, 1.165) is 5.82 Å². The van der Waals surface area contributed by atoms with Gasteiger partial charge < -0.3 is 0 Å². The quantitative estimate of drug-likeness (QED) is 0.607. The van der Waals surface area contributed by atoms with Gasteiger partial charge in [0.15, 0.2) is 0 Å². The summed E-state index contributed by atoms with van der Waals surface area (Å²) >= 11 is 0. The van der Waals surface area contributed by atoms with Crippen LogP contribution in [0.4, 0.5) is 0 Å². The molecule has 1 heterocycles. The van der Waals surface area contributed by atoms with Crippen molar-refractivity contribution in [3.63, 3.8) is 0 Å². The molecule has 0 amide bonds. The number of aromatic amines is 1. The maximum atomic E-state index is 4.07. The van der Waals surface area contributed by atoms with E-state index in [0.29, 0.717) is 5.92 Å². The first-order valence-corrected chi connectivity index (χ1v) is 3.32. The van der Waals surface area contributed by atoms with Gasteiger partial charge in [0.25, 0.3) is 0 Å². The van der Waals surface area contributed by atoms with Crippen molar-refractivity contribution in [1.82, 2.24) is 15.2 Å². The molecule has 0 bridgehead atoms. The van der Waals surface area contributed by atoms with Gasteiger partial charge in [-0.15, -0.1) is 0 Å². The van der Waals surface area contributed by atoms with Crippen molar-refractivity contribution in [2.24, 2.45) is 0 Å². The lowest BCUT2D eigenvalue weighted by Crippen LogP contribution is -2.10. The third-order valence-corrected chi connectivity index (χ3v) is 1.93. The smallest absolute Gasteiger partial charge is 0.137 e. The minimum Gasteiger partial charge on any atom is -0.263 e. The van der Waals surface area contributed by atoms with Crippen molar-refractivity contribution in [3.05, 3.63) is 12.2 Å². The molecule has 9 heavy (non-hydrogen) atoms. The van der Waals surface area contributed by atoms with Crippen LogP contribution in [0.2, 0.25) is 0 Å². The Hall–Kier alpha value is -0.860. The number of nitrogens with one attached hydrogen (secondary N) is 1. The van der Waals surface area contributed by atoms with Gasteiger partial charge in [-0.25, -0.2) is 4.98 Å². The van der Waals surface area contributed by atoms with Crippen molar-refractivity contribution in [2.45, 2.75) is 25.2 Å². The summed E-state index contributed by atoms with van der Waals surface area (Å²) in [4.78, 5) is 4.07. The second-order valence-corrected chi connectivity index (χ2v) is 2.50. The molecule has 0 unspecified atom stereocenters. The van der Waals surface area contributed by atoms with E-state index < -0.39 is 0 Å². The maximum Gasteiger partial charge on any atom is 0.137 e. The molecule has 0 aliphatic heterocycles. The third kappa shape index (κ3) is 0.724. The van der Waals surface area contributed by atoms with Crippen molar-refractivity contribution in [3.8, 4) is 0 Å². The van der Waals surface area contributed by atoms with Gasteiger partial charge in [-0.05, 0) is 12.8 Å². The lowest BCUT2D eigenvalue weighted by Gasteiger charge is -2.21. The molecule has 1 aliphatic carbocycles. The van der Waals surface area contributed by atoms with Crippen LogP contribution in [0, 0.1) is 0 Å². The van der Waals surface area contributed by atoms with E-state index in [1.807, 2.05) is 0 Å². The van der Waals surface area contributed by atoms with Crippen molar-refractivity contribution < 1.29 is 0 Å². The third-order valence-electron chi connectivity index (χ3n) is 1.93. The molecule has 2 rings (SSSR count). The van der Waals surface area contributed by atoms with Crippen LogP contribution in [0.25, 0.3) is 0 Å². The highest BCUT2D eigenvalue weighted by Gasteiger charge is 2.21. The fourth-order valence-corrected chi connectivity index (χ4v) is 1.09. The normalized spacial score (nSPS) is 19.6. The predicted molar refractivity (Wildman–Crippen MR) is 33.0 cm³/mol. The van der Waals surface area contributed by atoms with Crippen molar-refractivity contribution in [1.29, 1.82) is 0 Å². The molecule has 0 atom stereocenters. The monoisotopic (exact) mass is 123 g/mol. The molecule has 0 aromatic carbocycles. The second kappa shape index (κ2) is 1.83. The molecular weight excluding hydrogens is 114 g/mol.